The van der Waals surface area contributed by atoms with E-state index in [1.807, 2.05) is 25.1 Å². The summed E-state index contributed by atoms with van der Waals surface area (Å²) in [5.74, 6) is 2.18. The number of guanidine groups is 1. The van der Waals surface area contributed by atoms with Crippen molar-refractivity contribution < 1.29 is 14.6 Å². The van der Waals surface area contributed by atoms with Crippen LogP contribution in [0.2, 0.25) is 0 Å². The lowest BCUT2D eigenvalue weighted by atomic mass is 10.1. The van der Waals surface area contributed by atoms with Gasteiger partial charge in [0, 0.05) is 18.5 Å². The molecule has 0 aromatic heterocycles. The summed E-state index contributed by atoms with van der Waals surface area (Å²) in [4.78, 5) is 4.60. The van der Waals surface area contributed by atoms with Crippen LogP contribution in [0.5, 0.6) is 11.5 Å². The standard InChI is InChI=1S/C17H27N3O3.HI/c1-4-18-16(20-11-17(12-21)7-8-17)19-10-13-5-6-14(22-2)15(9-13)23-3;/h5-6,9,21H,4,7-8,10-12H2,1-3H3,(H2,18,19,20);1H. The predicted octanol–water partition coefficient (Wildman–Crippen LogP) is 2.15. The minimum atomic E-state index is 0. The highest BCUT2D eigenvalue weighted by Gasteiger charge is 2.41. The van der Waals surface area contributed by atoms with Crippen molar-refractivity contribution in [2.24, 2.45) is 10.4 Å². The molecule has 1 saturated carbocycles. The van der Waals surface area contributed by atoms with Gasteiger partial charge in [-0.2, -0.15) is 0 Å². The van der Waals surface area contributed by atoms with E-state index in [1.54, 1.807) is 14.2 Å². The van der Waals surface area contributed by atoms with E-state index in [0.717, 1.165) is 37.5 Å². The molecule has 0 saturated heterocycles. The minimum absolute atomic E-state index is 0. The first-order chi connectivity index (χ1) is 11.2. The fourth-order valence-electron chi connectivity index (χ4n) is 2.33. The second-order valence-corrected chi connectivity index (χ2v) is 5.90. The number of nitrogens with one attached hydrogen (secondary N) is 2. The number of aliphatic hydroxyl groups is 1. The van der Waals surface area contributed by atoms with E-state index < -0.39 is 0 Å². The van der Waals surface area contributed by atoms with E-state index in [9.17, 15) is 5.11 Å². The Morgan fingerprint density at radius 2 is 1.92 bits per heavy atom. The van der Waals surface area contributed by atoms with Gasteiger partial charge in [0.25, 0.3) is 0 Å². The molecule has 1 aliphatic carbocycles. The van der Waals surface area contributed by atoms with Crippen molar-refractivity contribution in [2.45, 2.75) is 26.3 Å². The highest BCUT2D eigenvalue weighted by molar-refractivity contribution is 14.0. The van der Waals surface area contributed by atoms with Gasteiger partial charge < -0.3 is 25.2 Å². The molecular weight excluding hydrogens is 421 g/mol. The van der Waals surface area contributed by atoms with Crippen LogP contribution in [-0.4, -0.2) is 45.0 Å². The van der Waals surface area contributed by atoms with Crippen LogP contribution in [0, 0.1) is 5.41 Å². The summed E-state index contributed by atoms with van der Waals surface area (Å²) in [7, 11) is 3.25. The number of nitrogens with zero attached hydrogens (tertiary/aromatic N) is 1. The van der Waals surface area contributed by atoms with Crippen molar-refractivity contribution in [2.75, 3.05) is 33.9 Å². The van der Waals surface area contributed by atoms with E-state index in [0.29, 0.717) is 18.0 Å². The predicted molar refractivity (Wildman–Crippen MR) is 107 cm³/mol. The highest BCUT2D eigenvalue weighted by atomic mass is 127. The number of ether oxygens (including phenoxy) is 2. The van der Waals surface area contributed by atoms with Crippen LogP contribution in [0.1, 0.15) is 25.3 Å². The van der Waals surface area contributed by atoms with Gasteiger partial charge in [0.05, 0.1) is 27.4 Å². The molecule has 0 spiro atoms. The number of hydrogen-bond acceptors (Lipinski definition) is 4. The Balaban J connectivity index is 0.00000288. The van der Waals surface area contributed by atoms with Crippen molar-refractivity contribution in [1.29, 1.82) is 0 Å². The van der Waals surface area contributed by atoms with Crippen LogP contribution in [-0.2, 0) is 6.54 Å². The van der Waals surface area contributed by atoms with Gasteiger partial charge in [-0.1, -0.05) is 6.07 Å². The summed E-state index contributed by atoms with van der Waals surface area (Å²) in [6.07, 6.45) is 2.15. The number of aliphatic imine (C=N–C) groups is 1. The van der Waals surface area contributed by atoms with Crippen molar-refractivity contribution >= 4 is 29.9 Å². The molecule has 0 bridgehead atoms. The molecule has 0 aliphatic heterocycles. The molecule has 0 radical (unpaired) electrons. The van der Waals surface area contributed by atoms with Crippen molar-refractivity contribution in [1.82, 2.24) is 10.6 Å². The molecule has 136 valence electrons. The molecule has 2 rings (SSSR count). The number of aliphatic hydroxyl groups excluding tert-OH is 1. The Hall–Kier alpha value is -1.22. The van der Waals surface area contributed by atoms with Crippen LogP contribution in [0.3, 0.4) is 0 Å². The molecule has 24 heavy (non-hydrogen) atoms. The van der Waals surface area contributed by atoms with Crippen LogP contribution in [0.25, 0.3) is 0 Å². The number of rotatable bonds is 8. The van der Waals surface area contributed by atoms with E-state index in [4.69, 9.17) is 9.47 Å². The van der Waals surface area contributed by atoms with Gasteiger partial charge in [0.2, 0.25) is 0 Å². The Kier molecular flexibility index (Phi) is 8.61. The maximum atomic E-state index is 9.39. The lowest BCUT2D eigenvalue weighted by molar-refractivity contribution is 0.212. The first kappa shape index (κ1) is 20.8. The molecule has 1 aromatic carbocycles. The third-order valence-electron chi connectivity index (χ3n) is 4.14. The van der Waals surface area contributed by atoms with E-state index in [1.165, 1.54) is 0 Å². The maximum Gasteiger partial charge on any atom is 0.191 e. The zero-order valence-electron chi connectivity index (χ0n) is 14.6. The molecule has 1 fully saturated rings. The molecule has 6 nitrogen and oxygen atoms in total. The monoisotopic (exact) mass is 449 g/mol. The van der Waals surface area contributed by atoms with Crippen molar-refractivity contribution in [3.63, 3.8) is 0 Å². The number of methoxy groups -OCH3 is 2. The SMILES string of the molecule is CCNC(=NCc1ccc(OC)c(OC)c1)NCC1(CO)CC1.I. The molecule has 3 N–H and O–H groups in total. The summed E-state index contributed by atoms with van der Waals surface area (Å²) >= 11 is 0. The maximum absolute atomic E-state index is 9.39. The Bertz CT molecular complexity index is 548. The number of hydrogen-bond donors (Lipinski definition) is 3. The van der Waals surface area contributed by atoms with Crippen LogP contribution >= 0.6 is 24.0 Å². The zero-order valence-corrected chi connectivity index (χ0v) is 16.9. The van der Waals surface area contributed by atoms with Crippen LogP contribution < -0.4 is 20.1 Å². The average Bonchev–Trinajstić information content (AvgIpc) is 3.37. The second kappa shape index (κ2) is 9.93. The van der Waals surface area contributed by atoms with Gasteiger partial charge in [-0.05, 0) is 37.5 Å². The average molecular weight is 449 g/mol. The lowest BCUT2D eigenvalue weighted by Crippen LogP contribution is -2.41. The lowest BCUT2D eigenvalue weighted by Gasteiger charge is -2.16. The Morgan fingerprint density at radius 1 is 1.21 bits per heavy atom. The third-order valence-corrected chi connectivity index (χ3v) is 4.14. The van der Waals surface area contributed by atoms with Gasteiger partial charge in [-0.3, -0.25) is 0 Å². The largest absolute Gasteiger partial charge is 0.493 e. The van der Waals surface area contributed by atoms with E-state index in [-0.39, 0.29) is 36.0 Å². The summed E-state index contributed by atoms with van der Waals surface area (Å²) in [6.45, 7) is 4.36. The fraction of sp³-hybridized carbons (Fsp3) is 0.588. The van der Waals surface area contributed by atoms with Gasteiger partial charge in [-0.15, -0.1) is 24.0 Å². The molecular formula is C17H28IN3O3. The molecule has 0 unspecified atom stereocenters. The normalized spacial score (nSPS) is 15.2. The molecule has 1 aromatic rings. The van der Waals surface area contributed by atoms with E-state index in [2.05, 4.69) is 15.6 Å². The summed E-state index contributed by atoms with van der Waals surface area (Å²) < 4.78 is 10.6. The Morgan fingerprint density at radius 3 is 2.46 bits per heavy atom. The van der Waals surface area contributed by atoms with Crippen LogP contribution in [0.15, 0.2) is 23.2 Å². The summed E-state index contributed by atoms with van der Waals surface area (Å²) in [5, 5.41) is 15.9. The molecule has 0 heterocycles. The first-order valence-electron chi connectivity index (χ1n) is 8.00. The zero-order chi connectivity index (χ0) is 16.7. The van der Waals surface area contributed by atoms with Gasteiger partial charge >= 0.3 is 0 Å². The third kappa shape index (κ3) is 5.70. The van der Waals surface area contributed by atoms with Gasteiger partial charge in [0.1, 0.15) is 0 Å². The van der Waals surface area contributed by atoms with Crippen molar-refractivity contribution in [3.8, 4) is 11.5 Å². The fourth-order valence-corrected chi connectivity index (χ4v) is 2.33. The molecule has 0 amide bonds. The van der Waals surface area contributed by atoms with Gasteiger partial charge in [0.15, 0.2) is 17.5 Å². The topological polar surface area (TPSA) is 75.1 Å². The smallest absolute Gasteiger partial charge is 0.191 e. The van der Waals surface area contributed by atoms with Gasteiger partial charge in [-0.25, -0.2) is 4.99 Å². The summed E-state index contributed by atoms with van der Waals surface area (Å²) in [5.41, 5.74) is 1.10. The summed E-state index contributed by atoms with van der Waals surface area (Å²) in [6, 6.07) is 5.79. The first-order valence-corrected chi connectivity index (χ1v) is 8.00. The molecule has 7 heteroatoms. The molecule has 1 aliphatic rings. The number of benzene rings is 1. The minimum Gasteiger partial charge on any atom is -0.493 e. The molecule has 0 atom stereocenters. The highest BCUT2D eigenvalue weighted by Crippen LogP contribution is 2.44. The van der Waals surface area contributed by atoms with E-state index >= 15 is 0 Å². The second-order valence-electron chi connectivity index (χ2n) is 5.90. The Labute approximate surface area is 161 Å². The number of halogens is 1. The quantitative estimate of drug-likeness (QED) is 0.322. The van der Waals surface area contributed by atoms with Crippen LogP contribution in [0.4, 0.5) is 0 Å². The van der Waals surface area contributed by atoms with Crippen molar-refractivity contribution in [3.05, 3.63) is 23.8 Å².